The number of ether oxygens (including phenoxy) is 2. The topological polar surface area (TPSA) is 43.7 Å². The Morgan fingerprint density at radius 1 is 1.33 bits per heavy atom. The van der Waals surface area contributed by atoms with Crippen molar-refractivity contribution >= 4 is 23.3 Å². The van der Waals surface area contributed by atoms with Crippen LogP contribution < -0.4 is 4.74 Å². The summed E-state index contributed by atoms with van der Waals surface area (Å²) < 4.78 is 10.6. The molecule has 0 amide bonds. The van der Waals surface area contributed by atoms with Crippen molar-refractivity contribution in [1.82, 2.24) is 4.98 Å². The highest BCUT2D eigenvalue weighted by molar-refractivity contribution is 5.87. The molecule has 0 aliphatic heterocycles. The number of fused-ring (bicyclic) bond motifs is 1. The van der Waals surface area contributed by atoms with Gasteiger partial charge < -0.3 is 9.47 Å². The predicted molar refractivity (Wildman–Crippen MR) is 73.1 cm³/mol. The molecule has 94 valence electrons. The summed E-state index contributed by atoms with van der Waals surface area (Å²) in [5, 5.41) is 1.07. The molecule has 2 rings (SSSR count). The first-order chi connectivity index (χ1) is 8.76. The van der Waals surface area contributed by atoms with Gasteiger partial charge in [0.05, 0.1) is 12.1 Å². The van der Waals surface area contributed by atoms with E-state index in [9.17, 15) is 0 Å². The van der Waals surface area contributed by atoms with Gasteiger partial charge in [0.1, 0.15) is 18.0 Å². The molecule has 1 aromatic carbocycles. The highest BCUT2D eigenvalue weighted by Gasteiger charge is 2.07. The normalized spacial score (nSPS) is 10.6. The van der Waals surface area contributed by atoms with Gasteiger partial charge in [0.2, 0.25) is 0 Å². The molecular weight excluding hydrogens is 228 g/mol. The van der Waals surface area contributed by atoms with Crippen LogP contribution in [0, 0.1) is 6.92 Å². The lowest BCUT2D eigenvalue weighted by Crippen LogP contribution is -2.04. The molecule has 0 aliphatic carbocycles. The summed E-state index contributed by atoms with van der Waals surface area (Å²) in [4.78, 5) is 8.33. The molecule has 2 aromatic rings. The van der Waals surface area contributed by atoms with Crippen molar-refractivity contribution in [2.45, 2.75) is 6.92 Å². The molecule has 4 heteroatoms. The largest absolute Gasteiger partial charge is 0.489 e. The van der Waals surface area contributed by atoms with Crippen molar-refractivity contribution in [3.05, 3.63) is 30.0 Å². The first-order valence-electron chi connectivity index (χ1n) is 5.74. The summed E-state index contributed by atoms with van der Waals surface area (Å²) >= 11 is 0. The number of methoxy groups -OCH3 is 1. The van der Waals surface area contributed by atoms with E-state index in [1.165, 1.54) is 0 Å². The van der Waals surface area contributed by atoms with Gasteiger partial charge in [-0.2, -0.15) is 0 Å². The number of aliphatic imine (C=N–C) groups is 1. The summed E-state index contributed by atoms with van der Waals surface area (Å²) in [6.45, 7) is 6.64. The van der Waals surface area contributed by atoms with Crippen LogP contribution in [0.1, 0.15) is 5.56 Å². The summed E-state index contributed by atoms with van der Waals surface area (Å²) in [5.41, 5.74) is 2.79. The van der Waals surface area contributed by atoms with Gasteiger partial charge in [-0.1, -0.05) is 0 Å². The number of hydrogen-bond donors (Lipinski definition) is 0. The highest BCUT2D eigenvalue weighted by atomic mass is 16.5. The van der Waals surface area contributed by atoms with Crippen molar-refractivity contribution in [1.29, 1.82) is 0 Å². The zero-order valence-corrected chi connectivity index (χ0v) is 10.6. The standard InChI is InChI=1S/C14H16N2O2/c1-10-4-5-16-12-9-14(18-7-6-17-3)13(15-2)8-11(10)12/h4-5,8-9H,2,6-7H2,1,3H3. The molecule has 0 saturated carbocycles. The van der Waals surface area contributed by atoms with Gasteiger partial charge >= 0.3 is 0 Å². The Labute approximate surface area is 106 Å². The number of rotatable bonds is 5. The molecule has 0 saturated heterocycles. The van der Waals surface area contributed by atoms with E-state index in [4.69, 9.17) is 9.47 Å². The van der Waals surface area contributed by atoms with Crippen LogP contribution in [0.4, 0.5) is 5.69 Å². The summed E-state index contributed by atoms with van der Waals surface area (Å²) in [6, 6.07) is 5.81. The monoisotopic (exact) mass is 244 g/mol. The van der Waals surface area contributed by atoms with Gasteiger partial charge in [-0.3, -0.25) is 9.98 Å². The summed E-state index contributed by atoms with van der Waals surface area (Å²) in [7, 11) is 1.64. The fourth-order valence-corrected chi connectivity index (χ4v) is 1.77. The molecule has 0 fully saturated rings. The lowest BCUT2D eigenvalue weighted by atomic mass is 10.1. The fraction of sp³-hybridized carbons (Fsp3) is 0.286. The van der Waals surface area contributed by atoms with Crippen molar-refractivity contribution < 1.29 is 9.47 Å². The molecule has 4 nitrogen and oxygen atoms in total. The van der Waals surface area contributed by atoms with E-state index in [-0.39, 0.29) is 0 Å². The van der Waals surface area contributed by atoms with E-state index >= 15 is 0 Å². The van der Waals surface area contributed by atoms with E-state index in [1.807, 2.05) is 25.1 Å². The number of benzene rings is 1. The third-order valence-electron chi connectivity index (χ3n) is 2.76. The fourth-order valence-electron chi connectivity index (χ4n) is 1.77. The van der Waals surface area contributed by atoms with E-state index in [0.717, 1.165) is 22.2 Å². The van der Waals surface area contributed by atoms with Gasteiger partial charge in [-0.25, -0.2) is 0 Å². The van der Waals surface area contributed by atoms with Crippen LogP contribution in [-0.2, 0) is 4.74 Å². The van der Waals surface area contributed by atoms with E-state index < -0.39 is 0 Å². The molecule has 0 bridgehead atoms. The minimum absolute atomic E-state index is 0.482. The minimum atomic E-state index is 0.482. The first-order valence-corrected chi connectivity index (χ1v) is 5.74. The van der Waals surface area contributed by atoms with Crippen LogP contribution in [0.2, 0.25) is 0 Å². The van der Waals surface area contributed by atoms with Crippen LogP contribution in [0.3, 0.4) is 0 Å². The molecule has 0 N–H and O–H groups in total. The molecular formula is C14H16N2O2. The number of pyridine rings is 1. The second-order valence-corrected chi connectivity index (χ2v) is 3.96. The smallest absolute Gasteiger partial charge is 0.147 e. The SMILES string of the molecule is C=Nc1cc2c(C)ccnc2cc1OCCOC. The quantitative estimate of drug-likeness (QED) is 0.600. The minimum Gasteiger partial charge on any atom is -0.489 e. The second-order valence-electron chi connectivity index (χ2n) is 3.96. The molecule has 0 atom stereocenters. The average Bonchev–Trinajstić information content (AvgIpc) is 2.39. The highest BCUT2D eigenvalue weighted by Crippen LogP contribution is 2.32. The third kappa shape index (κ3) is 2.49. The van der Waals surface area contributed by atoms with Crippen LogP contribution in [0.15, 0.2) is 29.4 Å². The van der Waals surface area contributed by atoms with Crippen LogP contribution in [0.5, 0.6) is 5.75 Å². The number of nitrogens with zero attached hydrogens (tertiary/aromatic N) is 2. The van der Waals surface area contributed by atoms with E-state index in [2.05, 4.69) is 16.7 Å². The molecule has 1 aromatic heterocycles. The van der Waals surface area contributed by atoms with Crippen molar-refractivity contribution in [3.63, 3.8) is 0 Å². The Balaban J connectivity index is 2.42. The van der Waals surface area contributed by atoms with Crippen LogP contribution in [0.25, 0.3) is 10.9 Å². The van der Waals surface area contributed by atoms with Crippen molar-refractivity contribution in [2.24, 2.45) is 4.99 Å². The van der Waals surface area contributed by atoms with Crippen LogP contribution >= 0.6 is 0 Å². The van der Waals surface area contributed by atoms with Gasteiger partial charge in [0.25, 0.3) is 0 Å². The molecule has 1 heterocycles. The number of aromatic nitrogens is 1. The molecule has 0 radical (unpaired) electrons. The first kappa shape index (κ1) is 12.5. The zero-order chi connectivity index (χ0) is 13.0. The van der Waals surface area contributed by atoms with E-state index in [1.54, 1.807) is 13.3 Å². The molecule has 0 aliphatic rings. The number of hydrogen-bond acceptors (Lipinski definition) is 4. The maximum Gasteiger partial charge on any atom is 0.147 e. The Bertz CT molecular complexity index is 567. The summed E-state index contributed by atoms with van der Waals surface area (Å²) in [5.74, 6) is 0.688. The second kappa shape index (κ2) is 5.60. The molecule has 0 spiro atoms. The Hall–Kier alpha value is -1.94. The van der Waals surface area contributed by atoms with Crippen molar-refractivity contribution in [3.8, 4) is 5.75 Å². The third-order valence-corrected chi connectivity index (χ3v) is 2.76. The zero-order valence-electron chi connectivity index (χ0n) is 10.6. The summed E-state index contributed by atoms with van der Waals surface area (Å²) in [6.07, 6.45) is 1.79. The lowest BCUT2D eigenvalue weighted by Gasteiger charge is -2.10. The number of aryl methyl sites for hydroxylation is 1. The molecule has 18 heavy (non-hydrogen) atoms. The predicted octanol–water partition coefficient (Wildman–Crippen LogP) is 2.90. The van der Waals surface area contributed by atoms with Gasteiger partial charge in [-0.15, -0.1) is 0 Å². The van der Waals surface area contributed by atoms with Gasteiger partial charge in [0, 0.05) is 24.8 Å². The van der Waals surface area contributed by atoms with E-state index in [0.29, 0.717) is 19.0 Å². The Morgan fingerprint density at radius 3 is 2.89 bits per heavy atom. The van der Waals surface area contributed by atoms with Gasteiger partial charge in [-0.05, 0) is 31.3 Å². The lowest BCUT2D eigenvalue weighted by molar-refractivity contribution is 0.146. The van der Waals surface area contributed by atoms with Gasteiger partial charge in [0.15, 0.2) is 0 Å². The molecule has 0 unspecified atom stereocenters. The maximum atomic E-state index is 5.62. The Kier molecular flexibility index (Phi) is 3.89. The average molecular weight is 244 g/mol. The van der Waals surface area contributed by atoms with Crippen molar-refractivity contribution in [2.75, 3.05) is 20.3 Å². The maximum absolute atomic E-state index is 5.62. The van der Waals surface area contributed by atoms with Crippen LogP contribution in [-0.4, -0.2) is 32.0 Å². The Morgan fingerprint density at radius 2 is 2.17 bits per heavy atom.